The van der Waals surface area contributed by atoms with Crippen LogP contribution in [0.4, 0.5) is 11.6 Å². The van der Waals surface area contributed by atoms with Crippen molar-refractivity contribution in [1.82, 2.24) is 15.0 Å². The molecular formula is C14H21N5OS. The minimum Gasteiger partial charge on any atom is -0.374 e. The van der Waals surface area contributed by atoms with Gasteiger partial charge in [-0.3, -0.25) is 0 Å². The van der Waals surface area contributed by atoms with Crippen molar-refractivity contribution in [2.45, 2.75) is 33.4 Å². The molecular weight excluding hydrogens is 286 g/mol. The third-order valence-electron chi connectivity index (χ3n) is 2.75. The molecule has 0 saturated carbocycles. The van der Waals surface area contributed by atoms with Crippen LogP contribution in [0.5, 0.6) is 0 Å². The summed E-state index contributed by atoms with van der Waals surface area (Å²) in [4.78, 5) is 13.2. The molecule has 0 saturated heterocycles. The van der Waals surface area contributed by atoms with Crippen molar-refractivity contribution in [1.29, 1.82) is 0 Å². The summed E-state index contributed by atoms with van der Waals surface area (Å²) in [5, 5.41) is 9.58. The van der Waals surface area contributed by atoms with Gasteiger partial charge in [-0.05, 0) is 20.8 Å². The lowest BCUT2D eigenvalue weighted by molar-refractivity contribution is 0.128. The van der Waals surface area contributed by atoms with E-state index < -0.39 is 0 Å². The van der Waals surface area contributed by atoms with Gasteiger partial charge in [0.2, 0.25) is 0 Å². The molecule has 0 fully saturated rings. The van der Waals surface area contributed by atoms with Crippen LogP contribution in [0.3, 0.4) is 0 Å². The number of nitrogens with one attached hydrogen (secondary N) is 2. The summed E-state index contributed by atoms with van der Waals surface area (Å²) < 4.78 is 5.39. The first-order valence-electron chi connectivity index (χ1n) is 7.08. The van der Waals surface area contributed by atoms with Crippen LogP contribution in [0.2, 0.25) is 0 Å². The summed E-state index contributed by atoms with van der Waals surface area (Å²) in [5.41, 5.74) is 0. The predicted octanol–water partition coefficient (Wildman–Crippen LogP) is 3.07. The van der Waals surface area contributed by atoms with Gasteiger partial charge in [-0.2, -0.15) is 0 Å². The van der Waals surface area contributed by atoms with E-state index in [0.717, 1.165) is 23.2 Å². The Hall–Kier alpha value is -1.73. The lowest BCUT2D eigenvalue weighted by Gasteiger charge is -2.14. The molecule has 0 aliphatic carbocycles. The molecule has 0 aliphatic rings. The summed E-state index contributed by atoms with van der Waals surface area (Å²) in [6.07, 6.45) is 1.81. The molecule has 2 rings (SSSR count). The van der Waals surface area contributed by atoms with Crippen molar-refractivity contribution < 1.29 is 4.74 Å². The van der Waals surface area contributed by atoms with Gasteiger partial charge in [-0.25, -0.2) is 15.0 Å². The Morgan fingerprint density at radius 3 is 2.76 bits per heavy atom. The average Bonchev–Trinajstić information content (AvgIpc) is 2.99. The highest BCUT2D eigenvalue weighted by molar-refractivity contribution is 7.09. The van der Waals surface area contributed by atoms with Gasteiger partial charge in [-0.1, -0.05) is 0 Å². The van der Waals surface area contributed by atoms with E-state index in [1.807, 2.05) is 31.5 Å². The zero-order chi connectivity index (χ0) is 15.1. The second kappa shape index (κ2) is 7.90. The fourth-order valence-electron chi connectivity index (χ4n) is 1.83. The summed E-state index contributed by atoms with van der Waals surface area (Å²) in [6, 6.07) is 2.01. The van der Waals surface area contributed by atoms with E-state index in [1.165, 1.54) is 0 Å². The molecule has 0 bridgehead atoms. The SMILES string of the molecule is CCNc1cc(NC(C)c2nccs2)nc(COCC)n1. The molecule has 0 radical (unpaired) electrons. The number of ether oxygens (including phenoxy) is 1. The first-order valence-corrected chi connectivity index (χ1v) is 7.96. The van der Waals surface area contributed by atoms with Crippen LogP contribution in [0, 0.1) is 0 Å². The third-order valence-corrected chi connectivity index (χ3v) is 3.71. The highest BCUT2D eigenvalue weighted by atomic mass is 32.1. The van der Waals surface area contributed by atoms with Gasteiger partial charge in [0, 0.05) is 30.8 Å². The van der Waals surface area contributed by atoms with E-state index in [-0.39, 0.29) is 6.04 Å². The Labute approximate surface area is 129 Å². The monoisotopic (exact) mass is 307 g/mol. The fraction of sp³-hybridized carbons (Fsp3) is 0.500. The van der Waals surface area contributed by atoms with Gasteiger partial charge >= 0.3 is 0 Å². The Kier molecular flexibility index (Phi) is 5.89. The van der Waals surface area contributed by atoms with Crippen LogP contribution >= 0.6 is 11.3 Å². The largest absolute Gasteiger partial charge is 0.374 e. The number of aromatic nitrogens is 3. The van der Waals surface area contributed by atoms with Gasteiger partial charge in [0.1, 0.15) is 23.3 Å². The standard InChI is InChI=1S/C14H21N5OS/c1-4-15-11-8-12(19-13(18-11)9-20-5-2)17-10(3)14-16-6-7-21-14/h6-8,10H,4-5,9H2,1-3H3,(H2,15,17,18,19). The Bertz CT molecular complexity index is 546. The van der Waals surface area contributed by atoms with E-state index in [4.69, 9.17) is 4.74 Å². The molecule has 7 heteroatoms. The zero-order valence-electron chi connectivity index (χ0n) is 12.6. The zero-order valence-corrected chi connectivity index (χ0v) is 13.4. The van der Waals surface area contributed by atoms with Gasteiger partial charge in [0.25, 0.3) is 0 Å². The first kappa shape index (κ1) is 15.7. The molecule has 0 aliphatic heterocycles. The van der Waals surface area contributed by atoms with Crippen molar-refractivity contribution in [2.24, 2.45) is 0 Å². The third kappa shape index (κ3) is 4.64. The van der Waals surface area contributed by atoms with Gasteiger partial charge in [-0.15, -0.1) is 11.3 Å². The van der Waals surface area contributed by atoms with Crippen molar-refractivity contribution in [3.05, 3.63) is 28.5 Å². The van der Waals surface area contributed by atoms with Crippen molar-refractivity contribution in [3.63, 3.8) is 0 Å². The minimum absolute atomic E-state index is 0.106. The maximum absolute atomic E-state index is 5.39. The van der Waals surface area contributed by atoms with E-state index in [1.54, 1.807) is 11.3 Å². The van der Waals surface area contributed by atoms with Crippen LogP contribution in [0.15, 0.2) is 17.6 Å². The predicted molar refractivity (Wildman–Crippen MR) is 85.7 cm³/mol. The number of hydrogen-bond donors (Lipinski definition) is 2. The van der Waals surface area contributed by atoms with Crippen molar-refractivity contribution in [2.75, 3.05) is 23.8 Å². The Balaban J connectivity index is 2.14. The van der Waals surface area contributed by atoms with E-state index in [9.17, 15) is 0 Å². The fourth-order valence-corrected chi connectivity index (χ4v) is 2.48. The Morgan fingerprint density at radius 2 is 2.10 bits per heavy atom. The molecule has 21 heavy (non-hydrogen) atoms. The van der Waals surface area contributed by atoms with Crippen LogP contribution in [0.25, 0.3) is 0 Å². The molecule has 2 N–H and O–H groups in total. The topological polar surface area (TPSA) is 72.0 Å². The highest BCUT2D eigenvalue weighted by Gasteiger charge is 2.11. The van der Waals surface area contributed by atoms with Crippen molar-refractivity contribution >= 4 is 23.0 Å². The molecule has 0 spiro atoms. The minimum atomic E-state index is 0.106. The summed E-state index contributed by atoms with van der Waals surface area (Å²) in [7, 11) is 0. The smallest absolute Gasteiger partial charge is 0.158 e. The normalized spacial score (nSPS) is 12.1. The highest BCUT2D eigenvalue weighted by Crippen LogP contribution is 2.21. The molecule has 1 unspecified atom stereocenters. The molecule has 2 aromatic heterocycles. The molecule has 1 atom stereocenters. The molecule has 6 nitrogen and oxygen atoms in total. The first-order chi connectivity index (χ1) is 10.2. The lowest BCUT2D eigenvalue weighted by atomic mass is 10.3. The molecule has 2 aromatic rings. The number of rotatable bonds is 8. The van der Waals surface area contributed by atoms with Crippen LogP contribution in [-0.2, 0) is 11.3 Å². The maximum atomic E-state index is 5.39. The molecule has 2 heterocycles. The number of hydrogen-bond acceptors (Lipinski definition) is 7. The average molecular weight is 307 g/mol. The molecule has 0 aromatic carbocycles. The molecule has 114 valence electrons. The van der Waals surface area contributed by atoms with E-state index in [0.29, 0.717) is 19.0 Å². The summed E-state index contributed by atoms with van der Waals surface area (Å²) in [6.45, 7) is 7.93. The number of nitrogens with zero attached hydrogens (tertiary/aromatic N) is 3. The lowest BCUT2D eigenvalue weighted by Crippen LogP contribution is -2.11. The van der Waals surface area contributed by atoms with E-state index in [2.05, 4.69) is 32.5 Å². The number of thiazole rings is 1. The second-order valence-electron chi connectivity index (χ2n) is 4.46. The Morgan fingerprint density at radius 1 is 1.29 bits per heavy atom. The second-order valence-corrected chi connectivity index (χ2v) is 5.38. The molecule has 0 amide bonds. The van der Waals surface area contributed by atoms with E-state index >= 15 is 0 Å². The van der Waals surface area contributed by atoms with Gasteiger partial charge in [0.05, 0.1) is 6.04 Å². The maximum Gasteiger partial charge on any atom is 0.158 e. The number of anilines is 2. The van der Waals surface area contributed by atoms with Crippen molar-refractivity contribution in [3.8, 4) is 0 Å². The quantitative estimate of drug-likeness (QED) is 0.781. The van der Waals surface area contributed by atoms with Gasteiger partial charge in [0.15, 0.2) is 5.82 Å². The van der Waals surface area contributed by atoms with Crippen LogP contribution in [-0.4, -0.2) is 28.1 Å². The van der Waals surface area contributed by atoms with Gasteiger partial charge < -0.3 is 15.4 Å². The van der Waals surface area contributed by atoms with Crippen LogP contribution in [0.1, 0.15) is 37.6 Å². The van der Waals surface area contributed by atoms with Crippen LogP contribution < -0.4 is 10.6 Å². The summed E-state index contributed by atoms with van der Waals surface area (Å²) >= 11 is 1.63. The summed E-state index contributed by atoms with van der Waals surface area (Å²) in [5.74, 6) is 2.25.